The summed E-state index contributed by atoms with van der Waals surface area (Å²) < 4.78 is 0. The maximum Gasteiger partial charge on any atom is 0.226 e. The second kappa shape index (κ2) is 6.10. The molecule has 0 radical (unpaired) electrons. The average Bonchev–Trinajstić information content (AvgIpc) is 2.65. The predicted octanol–water partition coefficient (Wildman–Crippen LogP) is 3.29. The van der Waals surface area contributed by atoms with Gasteiger partial charge in [0, 0.05) is 15.8 Å². The van der Waals surface area contributed by atoms with Gasteiger partial charge in [0.1, 0.15) is 12.2 Å². The molecule has 0 saturated heterocycles. The van der Waals surface area contributed by atoms with E-state index in [2.05, 4.69) is 47.1 Å². The number of thiophene rings is 1. The fourth-order valence-electron chi connectivity index (χ4n) is 2.04. The Balaban J connectivity index is 1.88. The number of hydrogen-bond donors (Lipinski definition) is 1. The van der Waals surface area contributed by atoms with Gasteiger partial charge >= 0.3 is 0 Å². The van der Waals surface area contributed by atoms with Crippen LogP contribution in [-0.2, 0) is 6.42 Å². The van der Waals surface area contributed by atoms with Gasteiger partial charge < -0.3 is 5.32 Å². The molecule has 0 spiro atoms. The van der Waals surface area contributed by atoms with Crippen LogP contribution in [0.2, 0.25) is 0 Å². The van der Waals surface area contributed by atoms with Gasteiger partial charge in [0.05, 0.1) is 0 Å². The zero-order chi connectivity index (χ0) is 13.8. The molecule has 1 unspecified atom stereocenters. The van der Waals surface area contributed by atoms with E-state index < -0.39 is 0 Å². The van der Waals surface area contributed by atoms with Gasteiger partial charge in [0.25, 0.3) is 0 Å². The molecule has 0 aliphatic carbocycles. The molecular weight excluding hydrogens is 256 g/mol. The Hall–Kier alpha value is -1.49. The fraction of sp³-hybridized carbons (Fsp3) is 0.500. The lowest BCUT2D eigenvalue weighted by atomic mass is 10.1. The molecule has 4 nitrogen and oxygen atoms in total. The molecule has 5 heteroatoms. The van der Waals surface area contributed by atoms with Crippen molar-refractivity contribution in [3.05, 3.63) is 33.5 Å². The summed E-state index contributed by atoms with van der Waals surface area (Å²) in [6.45, 7) is 8.39. The summed E-state index contributed by atoms with van der Waals surface area (Å²) in [5, 5.41) is 3.32. The topological polar surface area (TPSA) is 50.7 Å². The molecule has 1 atom stereocenters. The van der Waals surface area contributed by atoms with Crippen LogP contribution < -0.4 is 5.32 Å². The van der Waals surface area contributed by atoms with Crippen molar-refractivity contribution in [2.24, 2.45) is 0 Å². The smallest absolute Gasteiger partial charge is 0.226 e. The second-order valence-electron chi connectivity index (χ2n) is 4.88. The first-order valence-corrected chi connectivity index (χ1v) is 7.34. The predicted molar refractivity (Wildman–Crippen MR) is 79.8 cm³/mol. The molecule has 19 heavy (non-hydrogen) atoms. The zero-order valence-corrected chi connectivity index (χ0v) is 12.7. The molecule has 0 aromatic carbocycles. The third kappa shape index (κ3) is 3.99. The van der Waals surface area contributed by atoms with E-state index in [0.29, 0.717) is 12.0 Å². The van der Waals surface area contributed by atoms with Crippen molar-refractivity contribution < 1.29 is 0 Å². The summed E-state index contributed by atoms with van der Waals surface area (Å²) in [6, 6.07) is 2.64. The number of aromatic nitrogens is 3. The van der Waals surface area contributed by atoms with Gasteiger partial charge in [-0.3, -0.25) is 0 Å². The highest BCUT2D eigenvalue weighted by Crippen LogP contribution is 2.22. The van der Waals surface area contributed by atoms with Crippen LogP contribution in [0.3, 0.4) is 0 Å². The Labute approximate surface area is 118 Å². The quantitative estimate of drug-likeness (QED) is 0.910. The highest BCUT2D eigenvalue weighted by atomic mass is 32.1. The standard InChI is InChI=1S/C14H20N4S/c1-9(17-14-16-8-15-12(4)18-14)5-6-13-7-10(2)19-11(13)3/h7-9H,5-6H2,1-4H3,(H,15,16,17,18). The molecule has 0 fully saturated rings. The monoisotopic (exact) mass is 276 g/mol. The number of hydrogen-bond acceptors (Lipinski definition) is 5. The normalized spacial score (nSPS) is 12.4. The fourth-order valence-corrected chi connectivity index (χ4v) is 3.02. The van der Waals surface area contributed by atoms with Crippen molar-refractivity contribution in [3.8, 4) is 0 Å². The van der Waals surface area contributed by atoms with Gasteiger partial charge in [-0.1, -0.05) is 0 Å². The van der Waals surface area contributed by atoms with Gasteiger partial charge in [-0.2, -0.15) is 4.98 Å². The average molecular weight is 276 g/mol. The number of nitrogens with zero attached hydrogens (tertiary/aromatic N) is 3. The molecular formula is C14H20N4S. The second-order valence-corrected chi connectivity index (χ2v) is 6.34. The van der Waals surface area contributed by atoms with Gasteiger partial charge in [-0.05, 0) is 52.2 Å². The minimum absolute atomic E-state index is 0.349. The number of aryl methyl sites for hydroxylation is 4. The summed E-state index contributed by atoms with van der Waals surface area (Å²) in [5.41, 5.74) is 1.46. The summed E-state index contributed by atoms with van der Waals surface area (Å²) >= 11 is 1.87. The minimum atomic E-state index is 0.349. The Kier molecular flexibility index (Phi) is 4.47. The molecule has 0 aliphatic rings. The first-order valence-electron chi connectivity index (χ1n) is 6.52. The summed E-state index contributed by atoms with van der Waals surface area (Å²) in [5.74, 6) is 1.41. The maximum absolute atomic E-state index is 4.26. The third-order valence-electron chi connectivity index (χ3n) is 3.06. The van der Waals surface area contributed by atoms with Crippen LogP contribution in [0.1, 0.15) is 34.5 Å². The van der Waals surface area contributed by atoms with E-state index in [0.717, 1.165) is 18.7 Å². The van der Waals surface area contributed by atoms with Crippen molar-refractivity contribution in [1.29, 1.82) is 0 Å². The van der Waals surface area contributed by atoms with Crippen LogP contribution in [0.5, 0.6) is 0 Å². The van der Waals surface area contributed by atoms with E-state index >= 15 is 0 Å². The van der Waals surface area contributed by atoms with E-state index in [-0.39, 0.29) is 0 Å². The summed E-state index contributed by atoms with van der Waals surface area (Å²) in [6.07, 6.45) is 3.71. The van der Waals surface area contributed by atoms with E-state index in [4.69, 9.17) is 0 Å². The Morgan fingerprint density at radius 1 is 1.26 bits per heavy atom. The lowest BCUT2D eigenvalue weighted by Gasteiger charge is -2.13. The van der Waals surface area contributed by atoms with Crippen LogP contribution in [0.4, 0.5) is 5.95 Å². The molecule has 0 bridgehead atoms. The van der Waals surface area contributed by atoms with E-state index in [1.165, 1.54) is 15.3 Å². The van der Waals surface area contributed by atoms with Crippen molar-refractivity contribution >= 4 is 17.3 Å². The Morgan fingerprint density at radius 2 is 2.05 bits per heavy atom. The van der Waals surface area contributed by atoms with Gasteiger partial charge in [0.2, 0.25) is 5.95 Å². The van der Waals surface area contributed by atoms with E-state index in [1.807, 2.05) is 18.3 Å². The highest BCUT2D eigenvalue weighted by Gasteiger charge is 2.08. The first-order chi connectivity index (χ1) is 9.04. The van der Waals surface area contributed by atoms with Gasteiger partial charge in [-0.25, -0.2) is 9.97 Å². The molecule has 1 N–H and O–H groups in total. The number of nitrogens with one attached hydrogen (secondary N) is 1. The van der Waals surface area contributed by atoms with Crippen LogP contribution >= 0.6 is 11.3 Å². The molecule has 0 amide bonds. The molecule has 102 valence electrons. The minimum Gasteiger partial charge on any atom is -0.352 e. The molecule has 0 aliphatic heterocycles. The molecule has 2 aromatic rings. The molecule has 0 saturated carbocycles. The summed E-state index contributed by atoms with van der Waals surface area (Å²) in [4.78, 5) is 15.2. The number of rotatable bonds is 5. The lowest BCUT2D eigenvalue weighted by molar-refractivity contribution is 0.696. The molecule has 2 aromatic heterocycles. The van der Waals surface area contributed by atoms with E-state index in [1.54, 1.807) is 6.33 Å². The first kappa shape index (κ1) is 13.9. The van der Waals surface area contributed by atoms with E-state index in [9.17, 15) is 0 Å². The SMILES string of the molecule is Cc1ncnc(NC(C)CCc2cc(C)sc2C)n1. The van der Waals surface area contributed by atoms with Crippen molar-refractivity contribution in [3.63, 3.8) is 0 Å². The van der Waals surface area contributed by atoms with Gasteiger partial charge in [-0.15, -0.1) is 11.3 Å². The highest BCUT2D eigenvalue weighted by molar-refractivity contribution is 7.12. The van der Waals surface area contributed by atoms with Crippen LogP contribution in [-0.4, -0.2) is 21.0 Å². The van der Waals surface area contributed by atoms with Crippen molar-refractivity contribution in [1.82, 2.24) is 15.0 Å². The van der Waals surface area contributed by atoms with Crippen LogP contribution in [0.25, 0.3) is 0 Å². The largest absolute Gasteiger partial charge is 0.352 e. The number of anilines is 1. The third-order valence-corrected chi connectivity index (χ3v) is 4.07. The van der Waals surface area contributed by atoms with Crippen molar-refractivity contribution in [2.45, 2.75) is 46.6 Å². The van der Waals surface area contributed by atoms with Crippen LogP contribution in [0, 0.1) is 20.8 Å². The Morgan fingerprint density at radius 3 is 2.68 bits per heavy atom. The van der Waals surface area contributed by atoms with Crippen LogP contribution in [0.15, 0.2) is 12.4 Å². The molecule has 2 rings (SSSR count). The maximum atomic E-state index is 4.26. The Bertz CT molecular complexity index is 550. The van der Waals surface area contributed by atoms with Gasteiger partial charge in [0.15, 0.2) is 0 Å². The molecule has 2 heterocycles. The summed E-state index contributed by atoms with van der Waals surface area (Å²) in [7, 11) is 0. The van der Waals surface area contributed by atoms with Crippen molar-refractivity contribution in [2.75, 3.05) is 5.32 Å². The lowest BCUT2D eigenvalue weighted by Crippen LogP contribution is -2.18. The zero-order valence-electron chi connectivity index (χ0n) is 11.9.